The molecular weight excluding hydrogens is 218 g/mol. The van der Waals surface area contributed by atoms with Crippen LogP contribution in [0.4, 0.5) is 11.5 Å². The number of ether oxygens (including phenoxy) is 1. The summed E-state index contributed by atoms with van der Waals surface area (Å²) in [5.41, 5.74) is 6.21. The van der Waals surface area contributed by atoms with Gasteiger partial charge in [-0.2, -0.15) is 4.98 Å². The number of imidazole rings is 1. The molecule has 0 aliphatic rings. The van der Waals surface area contributed by atoms with Gasteiger partial charge in [0.1, 0.15) is 11.6 Å². The molecule has 0 spiro atoms. The van der Waals surface area contributed by atoms with Crippen LogP contribution in [0.5, 0.6) is 5.88 Å². The average molecular weight is 233 g/mol. The Balaban J connectivity index is 1.90. The van der Waals surface area contributed by atoms with Gasteiger partial charge >= 0.3 is 0 Å². The van der Waals surface area contributed by atoms with Crippen LogP contribution in [0, 0.1) is 0 Å². The van der Waals surface area contributed by atoms with Gasteiger partial charge in [0, 0.05) is 25.4 Å². The molecule has 2 heterocycles. The van der Waals surface area contributed by atoms with Crippen molar-refractivity contribution in [1.29, 1.82) is 0 Å². The summed E-state index contributed by atoms with van der Waals surface area (Å²) in [4.78, 5) is 11.4. The van der Waals surface area contributed by atoms with Crippen molar-refractivity contribution in [3.63, 3.8) is 0 Å². The van der Waals surface area contributed by atoms with Gasteiger partial charge in [-0.05, 0) is 12.1 Å². The molecule has 0 saturated heterocycles. The van der Waals surface area contributed by atoms with Crippen LogP contribution in [0.25, 0.3) is 0 Å². The highest BCUT2D eigenvalue weighted by Gasteiger charge is 2.02. The van der Waals surface area contributed by atoms with Crippen LogP contribution in [0.2, 0.25) is 0 Å². The Hall–Kier alpha value is -2.24. The monoisotopic (exact) mass is 233 g/mol. The minimum absolute atomic E-state index is 0.438. The van der Waals surface area contributed by atoms with Gasteiger partial charge < -0.3 is 20.8 Å². The van der Waals surface area contributed by atoms with E-state index in [4.69, 9.17) is 10.5 Å². The van der Waals surface area contributed by atoms with Crippen molar-refractivity contribution < 1.29 is 4.74 Å². The molecule has 0 fully saturated rings. The van der Waals surface area contributed by atoms with Crippen molar-refractivity contribution >= 4 is 11.5 Å². The zero-order valence-corrected chi connectivity index (χ0v) is 9.60. The van der Waals surface area contributed by atoms with E-state index in [1.165, 1.54) is 0 Å². The van der Waals surface area contributed by atoms with E-state index >= 15 is 0 Å². The van der Waals surface area contributed by atoms with Crippen molar-refractivity contribution in [3.05, 3.63) is 30.4 Å². The number of nitrogen functional groups attached to an aromatic ring is 1. The van der Waals surface area contributed by atoms with Gasteiger partial charge in [-0.1, -0.05) is 0 Å². The minimum Gasteiger partial charge on any atom is -0.479 e. The summed E-state index contributed by atoms with van der Waals surface area (Å²) in [6.45, 7) is 0.744. The lowest BCUT2D eigenvalue weighted by Gasteiger charge is -2.07. The molecule has 0 aromatic carbocycles. The lowest BCUT2D eigenvalue weighted by atomic mass is 10.3. The summed E-state index contributed by atoms with van der Waals surface area (Å²) in [6.07, 6.45) is 4.35. The van der Waals surface area contributed by atoms with Crippen molar-refractivity contribution in [2.75, 3.05) is 24.7 Å². The first-order valence-electron chi connectivity index (χ1n) is 5.32. The van der Waals surface area contributed by atoms with Gasteiger partial charge in [0.2, 0.25) is 5.88 Å². The first kappa shape index (κ1) is 11.3. The number of nitrogens with zero attached hydrogens (tertiary/aromatic N) is 2. The lowest BCUT2D eigenvalue weighted by molar-refractivity contribution is 0.401. The third-order valence-corrected chi connectivity index (χ3v) is 2.31. The largest absolute Gasteiger partial charge is 0.479 e. The molecule has 4 N–H and O–H groups in total. The number of nitrogens with one attached hydrogen (secondary N) is 2. The van der Waals surface area contributed by atoms with Gasteiger partial charge in [0.25, 0.3) is 0 Å². The summed E-state index contributed by atoms with van der Waals surface area (Å²) in [6, 6.07) is 3.58. The van der Waals surface area contributed by atoms with Crippen molar-refractivity contribution in [3.8, 4) is 5.88 Å². The molecule has 2 rings (SSSR count). The van der Waals surface area contributed by atoms with E-state index in [1.807, 2.05) is 6.07 Å². The third-order valence-electron chi connectivity index (χ3n) is 2.31. The first-order chi connectivity index (χ1) is 8.29. The molecule has 0 saturated carbocycles. The number of aromatic nitrogens is 3. The number of pyridine rings is 1. The summed E-state index contributed by atoms with van der Waals surface area (Å²) < 4.78 is 5.04. The maximum absolute atomic E-state index is 5.68. The fraction of sp³-hybridized carbons (Fsp3) is 0.273. The predicted molar refractivity (Wildman–Crippen MR) is 66.0 cm³/mol. The second-order valence-corrected chi connectivity index (χ2v) is 3.51. The highest BCUT2D eigenvalue weighted by atomic mass is 16.5. The van der Waals surface area contributed by atoms with Crippen molar-refractivity contribution in [1.82, 2.24) is 15.0 Å². The standard InChI is InChI=1S/C11H15N5O/c1-17-11-8(12)2-3-10(16-11)13-5-4-9-14-6-7-15-9/h2-3,6-7H,4-5,12H2,1H3,(H,13,16)(H,14,15). The number of methoxy groups -OCH3 is 1. The summed E-state index contributed by atoms with van der Waals surface area (Å²) in [5, 5.41) is 3.18. The maximum Gasteiger partial charge on any atom is 0.238 e. The third kappa shape index (κ3) is 2.87. The number of H-pyrrole nitrogens is 1. The predicted octanol–water partition coefficient (Wildman–Crippen LogP) is 1.05. The molecule has 0 aliphatic carbocycles. The molecule has 17 heavy (non-hydrogen) atoms. The molecule has 0 amide bonds. The van der Waals surface area contributed by atoms with Gasteiger partial charge in [0.05, 0.1) is 12.8 Å². The molecule has 2 aromatic heterocycles. The molecule has 0 bridgehead atoms. The van der Waals surface area contributed by atoms with Gasteiger partial charge in [0.15, 0.2) is 0 Å². The molecule has 0 unspecified atom stereocenters. The number of nitrogens with two attached hydrogens (primary N) is 1. The van der Waals surface area contributed by atoms with Crippen LogP contribution < -0.4 is 15.8 Å². The van der Waals surface area contributed by atoms with Gasteiger partial charge in [-0.3, -0.25) is 0 Å². The summed E-state index contributed by atoms with van der Waals surface area (Å²) >= 11 is 0. The summed E-state index contributed by atoms with van der Waals surface area (Å²) in [5.74, 6) is 2.12. The SMILES string of the molecule is COc1nc(NCCc2ncc[nH]2)ccc1N. The molecule has 6 heteroatoms. The lowest BCUT2D eigenvalue weighted by Crippen LogP contribution is -2.08. The van der Waals surface area contributed by atoms with Crippen LogP contribution in [0.3, 0.4) is 0 Å². The zero-order chi connectivity index (χ0) is 12.1. The Morgan fingerprint density at radius 3 is 3.06 bits per heavy atom. The normalized spacial score (nSPS) is 10.2. The van der Waals surface area contributed by atoms with E-state index in [0.29, 0.717) is 11.6 Å². The number of aromatic amines is 1. The minimum atomic E-state index is 0.438. The van der Waals surface area contributed by atoms with Crippen LogP contribution in [-0.4, -0.2) is 28.6 Å². The Morgan fingerprint density at radius 1 is 1.47 bits per heavy atom. The number of anilines is 2. The molecule has 90 valence electrons. The van der Waals surface area contributed by atoms with E-state index in [2.05, 4.69) is 20.3 Å². The first-order valence-corrected chi connectivity index (χ1v) is 5.32. The van der Waals surface area contributed by atoms with E-state index in [0.717, 1.165) is 24.6 Å². The van der Waals surface area contributed by atoms with Crippen LogP contribution in [-0.2, 0) is 6.42 Å². The highest BCUT2D eigenvalue weighted by Crippen LogP contribution is 2.19. The second kappa shape index (κ2) is 5.20. The van der Waals surface area contributed by atoms with E-state index in [9.17, 15) is 0 Å². The molecule has 6 nitrogen and oxygen atoms in total. The average Bonchev–Trinajstić information content (AvgIpc) is 2.84. The molecule has 0 atom stereocenters. The van der Waals surface area contributed by atoms with E-state index < -0.39 is 0 Å². The van der Waals surface area contributed by atoms with Crippen molar-refractivity contribution in [2.45, 2.75) is 6.42 Å². The number of hydrogen-bond acceptors (Lipinski definition) is 5. The number of hydrogen-bond donors (Lipinski definition) is 3. The molecular formula is C11H15N5O. The fourth-order valence-electron chi connectivity index (χ4n) is 1.46. The van der Waals surface area contributed by atoms with Crippen LogP contribution in [0.1, 0.15) is 5.82 Å². The Labute approximate surface area is 99.2 Å². The smallest absolute Gasteiger partial charge is 0.238 e. The van der Waals surface area contributed by atoms with Gasteiger partial charge in [-0.25, -0.2) is 4.98 Å². The second-order valence-electron chi connectivity index (χ2n) is 3.51. The molecule has 2 aromatic rings. The number of rotatable bonds is 5. The fourth-order valence-corrected chi connectivity index (χ4v) is 1.46. The maximum atomic E-state index is 5.68. The Kier molecular flexibility index (Phi) is 3.44. The Morgan fingerprint density at radius 2 is 2.35 bits per heavy atom. The summed E-state index contributed by atoms with van der Waals surface area (Å²) in [7, 11) is 1.55. The highest BCUT2D eigenvalue weighted by molar-refractivity contribution is 5.53. The van der Waals surface area contributed by atoms with Crippen LogP contribution >= 0.6 is 0 Å². The quantitative estimate of drug-likeness (QED) is 0.718. The van der Waals surface area contributed by atoms with Gasteiger partial charge in [-0.15, -0.1) is 0 Å². The Bertz CT molecular complexity index is 469. The van der Waals surface area contributed by atoms with Crippen molar-refractivity contribution in [2.24, 2.45) is 0 Å². The molecule has 0 aliphatic heterocycles. The van der Waals surface area contributed by atoms with E-state index in [1.54, 1.807) is 25.6 Å². The van der Waals surface area contributed by atoms with E-state index in [-0.39, 0.29) is 0 Å². The molecule has 0 radical (unpaired) electrons. The zero-order valence-electron chi connectivity index (χ0n) is 9.60. The topological polar surface area (TPSA) is 88.8 Å². The van der Waals surface area contributed by atoms with Crippen LogP contribution in [0.15, 0.2) is 24.5 Å².